The summed E-state index contributed by atoms with van der Waals surface area (Å²) in [5.41, 5.74) is 1.33. The summed E-state index contributed by atoms with van der Waals surface area (Å²) in [5, 5.41) is 0. The molecule has 0 heterocycles. The average Bonchev–Trinajstić information content (AvgIpc) is 2.46. The van der Waals surface area contributed by atoms with Crippen LogP contribution >= 0.6 is 0 Å². The fraction of sp³-hybridized carbons (Fsp3) is 0.529. The van der Waals surface area contributed by atoms with Crippen LogP contribution in [-0.4, -0.2) is 32.1 Å². The van der Waals surface area contributed by atoms with Gasteiger partial charge in [0.25, 0.3) is 0 Å². The van der Waals surface area contributed by atoms with E-state index < -0.39 is 0 Å². The molecule has 0 fully saturated rings. The summed E-state index contributed by atoms with van der Waals surface area (Å²) in [6.07, 6.45) is 18.3. The smallest absolute Gasteiger partial charge is 0.0921 e. The molecule has 2 rings (SSSR count). The Bertz CT molecular complexity index is 415. The van der Waals surface area contributed by atoms with E-state index in [1.165, 1.54) is 18.4 Å². The molecular formula is C17H25NO. The van der Waals surface area contributed by atoms with Crippen molar-refractivity contribution in [3.8, 4) is 0 Å². The van der Waals surface area contributed by atoms with E-state index in [1.54, 1.807) is 7.11 Å². The summed E-state index contributed by atoms with van der Waals surface area (Å²) in [4.78, 5) is 2.25. The molecule has 2 aliphatic rings. The molecule has 2 nitrogen and oxygen atoms in total. The van der Waals surface area contributed by atoms with Crippen molar-refractivity contribution in [3.63, 3.8) is 0 Å². The molecule has 0 aromatic carbocycles. The maximum atomic E-state index is 5.35. The minimum atomic E-state index is 0.532. The number of rotatable bonds is 4. The van der Waals surface area contributed by atoms with Gasteiger partial charge in [-0.05, 0) is 50.9 Å². The standard InChI is InChI=1S/C17H25NO/c1-18(2)16-11-9-14(10-12-16)7-8-15-5-4-6-17(13-15)19-3/h7-11,13,15-16H,4-6,12H2,1-3H3/b8-7+/t15?,16-/m0/s1. The Morgan fingerprint density at radius 3 is 2.84 bits per heavy atom. The van der Waals surface area contributed by atoms with Gasteiger partial charge in [-0.1, -0.05) is 30.4 Å². The molecule has 0 aliphatic heterocycles. The van der Waals surface area contributed by atoms with Gasteiger partial charge in [-0.2, -0.15) is 0 Å². The van der Waals surface area contributed by atoms with Crippen LogP contribution in [0.3, 0.4) is 0 Å². The van der Waals surface area contributed by atoms with Crippen LogP contribution in [0.2, 0.25) is 0 Å². The van der Waals surface area contributed by atoms with Gasteiger partial charge in [-0.25, -0.2) is 0 Å². The summed E-state index contributed by atoms with van der Waals surface area (Å²) in [5.74, 6) is 1.67. The van der Waals surface area contributed by atoms with E-state index in [0.717, 1.165) is 18.6 Å². The van der Waals surface area contributed by atoms with Crippen molar-refractivity contribution in [1.82, 2.24) is 4.90 Å². The predicted molar refractivity (Wildman–Crippen MR) is 80.9 cm³/mol. The second kappa shape index (κ2) is 6.76. The van der Waals surface area contributed by atoms with Gasteiger partial charge >= 0.3 is 0 Å². The molecule has 0 amide bonds. The van der Waals surface area contributed by atoms with Gasteiger partial charge in [0.1, 0.15) is 0 Å². The molecule has 0 radical (unpaired) electrons. The first-order chi connectivity index (χ1) is 9.19. The van der Waals surface area contributed by atoms with Crippen LogP contribution < -0.4 is 0 Å². The molecule has 19 heavy (non-hydrogen) atoms. The first kappa shape index (κ1) is 14.1. The molecule has 0 aromatic heterocycles. The van der Waals surface area contributed by atoms with Crippen molar-refractivity contribution < 1.29 is 4.74 Å². The van der Waals surface area contributed by atoms with Crippen molar-refractivity contribution in [2.45, 2.75) is 31.7 Å². The molecule has 104 valence electrons. The molecular weight excluding hydrogens is 234 g/mol. The van der Waals surface area contributed by atoms with E-state index in [4.69, 9.17) is 4.74 Å². The number of nitrogens with zero attached hydrogens (tertiary/aromatic N) is 1. The van der Waals surface area contributed by atoms with E-state index in [1.807, 2.05) is 0 Å². The van der Waals surface area contributed by atoms with Crippen molar-refractivity contribution in [1.29, 1.82) is 0 Å². The quantitative estimate of drug-likeness (QED) is 0.763. The van der Waals surface area contributed by atoms with Gasteiger partial charge in [0, 0.05) is 12.5 Å². The maximum absolute atomic E-state index is 5.35. The van der Waals surface area contributed by atoms with Crippen LogP contribution in [0, 0.1) is 5.92 Å². The monoisotopic (exact) mass is 259 g/mol. The summed E-state index contributed by atoms with van der Waals surface area (Å²) in [7, 11) is 6.03. The SMILES string of the molecule is COC1=CC(/C=C/C2=CC[C@@H](N(C)C)C=C2)CCC1. The molecule has 0 N–H and O–H groups in total. The number of hydrogen-bond donors (Lipinski definition) is 0. The first-order valence-electron chi connectivity index (χ1n) is 7.16. The topological polar surface area (TPSA) is 12.5 Å². The zero-order chi connectivity index (χ0) is 13.7. The number of ether oxygens (including phenoxy) is 1. The summed E-state index contributed by atoms with van der Waals surface area (Å²) < 4.78 is 5.35. The lowest BCUT2D eigenvalue weighted by Gasteiger charge is -2.22. The van der Waals surface area contributed by atoms with Gasteiger partial charge < -0.3 is 9.64 Å². The Morgan fingerprint density at radius 2 is 2.21 bits per heavy atom. The van der Waals surface area contributed by atoms with Gasteiger partial charge in [0.15, 0.2) is 0 Å². The second-order valence-corrected chi connectivity index (χ2v) is 5.58. The zero-order valence-electron chi connectivity index (χ0n) is 12.3. The number of methoxy groups -OCH3 is 1. The van der Waals surface area contributed by atoms with Gasteiger partial charge in [0.05, 0.1) is 12.9 Å². The van der Waals surface area contributed by atoms with Gasteiger partial charge in [-0.15, -0.1) is 0 Å². The van der Waals surface area contributed by atoms with Crippen molar-refractivity contribution in [2.75, 3.05) is 21.2 Å². The lowest BCUT2D eigenvalue weighted by Crippen LogP contribution is -2.26. The summed E-state index contributed by atoms with van der Waals surface area (Å²) in [6.45, 7) is 0. The fourth-order valence-corrected chi connectivity index (χ4v) is 2.61. The van der Waals surface area contributed by atoms with Crippen LogP contribution in [0.25, 0.3) is 0 Å². The first-order valence-corrected chi connectivity index (χ1v) is 7.16. The highest BCUT2D eigenvalue weighted by atomic mass is 16.5. The third kappa shape index (κ3) is 4.10. The van der Waals surface area contributed by atoms with Gasteiger partial charge in [0.2, 0.25) is 0 Å². The lowest BCUT2D eigenvalue weighted by atomic mass is 9.93. The summed E-state index contributed by atoms with van der Waals surface area (Å²) in [6, 6.07) is 0.548. The number of likely N-dealkylation sites (N-methyl/N-ethyl adjacent to an activating group) is 1. The Kier molecular flexibility index (Phi) is 5.03. The van der Waals surface area contributed by atoms with E-state index in [2.05, 4.69) is 55.5 Å². The van der Waals surface area contributed by atoms with Crippen LogP contribution in [0.4, 0.5) is 0 Å². The van der Waals surface area contributed by atoms with Crippen LogP contribution in [0.5, 0.6) is 0 Å². The highest BCUT2D eigenvalue weighted by molar-refractivity contribution is 5.35. The van der Waals surface area contributed by atoms with Crippen molar-refractivity contribution in [3.05, 3.63) is 47.8 Å². The minimum absolute atomic E-state index is 0.532. The molecule has 0 saturated heterocycles. The van der Waals surface area contributed by atoms with Crippen LogP contribution in [0.15, 0.2) is 47.8 Å². The Labute approximate surface area is 117 Å². The lowest BCUT2D eigenvalue weighted by molar-refractivity contribution is 0.261. The van der Waals surface area contributed by atoms with Gasteiger partial charge in [-0.3, -0.25) is 0 Å². The Morgan fingerprint density at radius 1 is 1.37 bits per heavy atom. The van der Waals surface area contributed by atoms with E-state index >= 15 is 0 Å². The molecule has 2 aliphatic carbocycles. The van der Waals surface area contributed by atoms with E-state index in [9.17, 15) is 0 Å². The molecule has 2 atom stereocenters. The highest BCUT2D eigenvalue weighted by Gasteiger charge is 2.12. The van der Waals surface area contributed by atoms with E-state index in [-0.39, 0.29) is 0 Å². The predicted octanol–water partition coefficient (Wildman–Crippen LogP) is 3.69. The second-order valence-electron chi connectivity index (χ2n) is 5.58. The normalized spacial score (nSPS) is 27.6. The van der Waals surface area contributed by atoms with Crippen molar-refractivity contribution >= 4 is 0 Å². The van der Waals surface area contributed by atoms with E-state index in [0.29, 0.717) is 12.0 Å². The molecule has 2 heteroatoms. The number of hydrogen-bond acceptors (Lipinski definition) is 2. The van der Waals surface area contributed by atoms with Crippen LogP contribution in [0.1, 0.15) is 25.7 Å². The fourth-order valence-electron chi connectivity index (χ4n) is 2.61. The third-order valence-corrected chi connectivity index (χ3v) is 3.93. The zero-order valence-corrected chi connectivity index (χ0v) is 12.3. The Balaban J connectivity index is 1.92. The average molecular weight is 259 g/mol. The molecule has 0 spiro atoms. The maximum Gasteiger partial charge on any atom is 0.0921 e. The van der Waals surface area contributed by atoms with Crippen molar-refractivity contribution in [2.24, 2.45) is 5.92 Å². The Hall–Kier alpha value is -1.28. The third-order valence-electron chi connectivity index (χ3n) is 3.93. The highest BCUT2D eigenvalue weighted by Crippen LogP contribution is 2.25. The number of allylic oxidation sites excluding steroid dienone is 6. The summed E-state index contributed by atoms with van der Waals surface area (Å²) >= 11 is 0. The molecule has 0 aromatic rings. The van der Waals surface area contributed by atoms with Crippen LogP contribution in [-0.2, 0) is 4.74 Å². The molecule has 0 bridgehead atoms. The minimum Gasteiger partial charge on any atom is -0.501 e. The molecule has 1 unspecified atom stereocenters. The molecule has 0 saturated carbocycles. The largest absolute Gasteiger partial charge is 0.501 e.